The van der Waals surface area contributed by atoms with Gasteiger partial charge in [-0.1, -0.05) is 30.3 Å². The number of anilines is 1. The van der Waals surface area contributed by atoms with Crippen LogP contribution in [-0.2, 0) is 21.2 Å². The molecule has 2 heterocycles. The Morgan fingerprint density at radius 2 is 2.04 bits per heavy atom. The number of esters is 1. The number of aryl methyl sites for hydroxylation is 2. The molecule has 3 rings (SSSR count). The number of para-hydroxylation sites is 1. The summed E-state index contributed by atoms with van der Waals surface area (Å²) in [6, 6.07) is 10.2. The molecule has 0 fully saturated rings. The zero-order valence-electron chi connectivity index (χ0n) is 15.7. The highest BCUT2D eigenvalue weighted by molar-refractivity contribution is 7.94. The number of thiophene rings is 1. The molecule has 0 aliphatic carbocycles. The lowest BCUT2D eigenvalue weighted by Gasteiger charge is -2.13. The minimum Gasteiger partial charge on any atom is -0.461 e. The van der Waals surface area contributed by atoms with E-state index in [1.54, 1.807) is 13.0 Å². The van der Waals surface area contributed by atoms with E-state index in [1.165, 1.54) is 12.1 Å². The number of hydrogen-bond donors (Lipinski definition) is 1. The molecule has 7 nitrogen and oxygen atoms in total. The molecule has 0 aliphatic rings. The van der Waals surface area contributed by atoms with Crippen LogP contribution in [0.25, 0.3) is 10.6 Å². The Balaban J connectivity index is 1.86. The van der Waals surface area contributed by atoms with Gasteiger partial charge in [-0.3, -0.25) is 4.72 Å². The van der Waals surface area contributed by atoms with E-state index < -0.39 is 16.0 Å². The molecule has 0 spiro atoms. The fourth-order valence-corrected chi connectivity index (χ4v) is 5.07. The van der Waals surface area contributed by atoms with Crippen molar-refractivity contribution in [2.45, 2.75) is 31.4 Å². The SMILES string of the molecule is CCOC(=O)c1cc(-c2ccc(S(=O)(=O)Nc3c(C)cccc3CC)s2)on1. The highest BCUT2D eigenvalue weighted by Crippen LogP contribution is 2.33. The van der Waals surface area contributed by atoms with Gasteiger partial charge in [0.2, 0.25) is 0 Å². The maximum Gasteiger partial charge on any atom is 0.360 e. The van der Waals surface area contributed by atoms with Crippen LogP contribution in [0.5, 0.6) is 0 Å². The van der Waals surface area contributed by atoms with Crippen LogP contribution in [0, 0.1) is 6.92 Å². The van der Waals surface area contributed by atoms with Crippen molar-refractivity contribution in [2.75, 3.05) is 11.3 Å². The van der Waals surface area contributed by atoms with Gasteiger partial charge in [-0.15, -0.1) is 11.3 Å². The Bertz CT molecular complexity index is 1100. The molecule has 0 bridgehead atoms. The van der Waals surface area contributed by atoms with E-state index in [0.29, 0.717) is 22.7 Å². The first-order valence-corrected chi connectivity index (χ1v) is 11.0. The first-order valence-electron chi connectivity index (χ1n) is 8.71. The minimum absolute atomic E-state index is 0.0419. The van der Waals surface area contributed by atoms with E-state index >= 15 is 0 Å². The number of nitrogens with one attached hydrogen (secondary N) is 1. The average Bonchev–Trinajstić information content (AvgIpc) is 3.33. The van der Waals surface area contributed by atoms with Crippen LogP contribution in [0.1, 0.15) is 35.5 Å². The van der Waals surface area contributed by atoms with Gasteiger partial charge in [0, 0.05) is 6.07 Å². The highest BCUT2D eigenvalue weighted by atomic mass is 32.2. The highest BCUT2D eigenvalue weighted by Gasteiger charge is 2.22. The quantitative estimate of drug-likeness (QED) is 0.574. The largest absolute Gasteiger partial charge is 0.461 e. The minimum atomic E-state index is -3.76. The third kappa shape index (κ3) is 4.10. The molecule has 0 saturated heterocycles. The first kappa shape index (κ1) is 20.1. The van der Waals surface area contributed by atoms with Crippen molar-refractivity contribution in [1.29, 1.82) is 0 Å². The normalized spacial score (nSPS) is 11.4. The number of nitrogens with zero attached hydrogens (tertiary/aromatic N) is 1. The molecular weight excluding hydrogens is 400 g/mol. The van der Waals surface area contributed by atoms with Gasteiger partial charge in [-0.05, 0) is 43.5 Å². The standard InChI is InChI=1S/C19H20N2O5S2/c1-4-13-8-6-7-12(3)18(13)21-28(23,24)17-10-9-16(27-17)15-11-14(20-26-15)19(22)25-5-2/h6-11,21H,4-5H2,1-3H3. The summed E-state index contributed by atoms with van der Waals surface area (Å²) in [4.78, 5) is 12.2. The Morgan fingerprint density at radius 1 is 1.25 bits per heavy atom. The number of rotatable bonds is 7. The van der Waals surface area contributed by atoms with E-state index in [4.69, 9.17) is 9.26 Å². The van der Waals surface area contributed by atoms with Crippen LogP contribution in [0.3, 0.4) is 0 Å². The second-order valence-corrected chi connectivity index (χ2v) is 8.98. The van der Waals surface area contributed by atoms with Gasteiger partial charge < -0.3 is 9.26 Å². The Hall–Kier alpha value is -2.65. The molecule has 9 heteroatoms. The first-order chi connectivity index (χ1) is 13.4. The van der Waals surface area contributed by atoms with Crippen molar-refractivity contribution in [3.8, 4) is 10.6 Å². The number of carbonyl (C=O) groups excluding carboxylic acids is 1. The fourth-order valence-electron chi connectivity index (χ4n) is 2.64. The number of carbonyl (C=O) groups is 1. The lowest BCUT2D eigenvalue weighted by Crippen LogP contribution is -2.13. The third-order valence-corrected chi connectivity index (χ3v) is 7.00. The molecule has 1 N–H and O–H groups in total. The van der Waals surface area contributed by atoms with Crippen LogP contribution in [0.15, 0.2) is 45.1 Å². The number of benzene rings is 1. The second-order valence-electron chi connectivity index (χ2n) is 5.98. The van der Waals surface area contributed by atoms with Gasteiger partial charge in [0.1, 0.15) is 4.21 Å². The Labute approximate surface area is 167 Å². The number of sulfonamides is 1. The average molecular weight is 421 g/mol. The molecule has 0 unspecified atom stereocenters. The summed E-state index contributed by atoms with van der Waals surface area (Å²) >= 11 is 1.03. The second kappa shape index (κ2) is 8.15. The predicted molar refractivity (Wildman–Crippen MR) is 107 cm³/mol. The summed E-state index contributed by atoms with van der Waals surface area (Å²) in [5.74, 6) is -0.283. The molecule has 28 heavy (non-hydrogen) atoms. The third-order valence-electron chi connectivity index (χ3n) is 4.06. The van der Waals surface area contributed by atoms with Crippen LogP contribution in [-0.4, -0.2) is 26.2 Å². The predicted octanol–water partition coefficient (Wildman–Crippen LogP) is 4.25. The zero-order valence-corrected chi connectivity index (χ0v) is 17.3. The molecule has 0 saturated carbocycles. The lowest BCUT2D eigenvalue weighted by atomic mass is 10.1. The zero-order chi connectivity index (χ0) is 20.3. The van der Waals surface area contributed by atoms with Gasteiger partial charge in [-0.25, -0.2) is 13.2 Å². The summed E-state index contributed by atoms with van der Waals surface area (Å²) in [5, 5.41) is 3.68. The Kier molecular flexibility index (Phi) is 5.85. The van der Waals surface area contributed by atoms with E-state index in [9.17, 15) is 13.2 Å². The van der Waals surface area contributed by atoms with Crippen molar-refractivity contribution < 1.29 is 22.5 Å². The molecule has 2 aromatic heterocycles. The van der Waals surface area contributed by atoms with Crippen LogP contribution < -0.4 is 4.72 Å². The molecular formula is C19H20N2O5S2. The molecule has 0 aliphatic heterocycles. The molecule has 148 valence electrons. The summed E-state index contributed by atoms with van der Waals surface area (Å²) in [6.07, 6.45) is 0.712. The van der Waals surface area contributed by atoms with E-state index in [-0.39, 0.29) is 16.5 Å². The summed E-state index contributed by atoms with van der Waals surface area (Å²) in [7, 11) is -3.76. The lowest BCUT2D eigenvalue weighted by molar-refractivity contribution is 0.0514. The van der Waals surface area contributed by atoms with E-state index in [0.717, 1.165) is 22.5 Å². The molecule has 0 amide bonds. The van der Waals surface area contributed by atoms with Crippen LogP contribution in [0.4, 0.5) is 5.69 Å². The van der Waals surface area contributed by atoms with Crippen molar-refractivity contribution in [3.05, 3.63) is 53.2 Å². The maximum absolute atomic E-state index is 12.8. The van der Waals surface area contributed by atoms with E-state index in [1.807, 2.05) is 32.0 Å². The molecule has 1 aromatic carbocycles. The summed E-state index contributed by atoms with van der Waals surface area (Å²) in [6.45, 7) is 5.76. The van der Waals surface area contributed by atoms with Gasteiger partial charge in [0.25, 0.3) is 10.0 Å². The molecule has 0 atom stereocenters. The number of hydrogen-bond acceptors (Lipinski definition) is 7. The van der Waals surface area contributed by atoms with Crippen molar-refractivity contribution in [3.63, 3.8) is 0 Å². The molecule has 0 radical (unpaired) electrons. The van der Waals surface area contributed by atoms with Gasteiger partial charge in [-0.2, -0.15) is 0 Å². The van der Waals surface area contributed by atoms with Crippen molar-refractivity contribution in [2.24, 2.45) is 0 Å². The molecule has 3 aromatic rings. The summed E-state index contributed by atoms with van der Waals surface area (Å²) in [5.41, 5.74) is 2.42. The number of ether oxygens (including phenoxy) is 1. The van der Waals surface area contributed by atoms with Crippen LogP contribution >= 0.6 is 11.3 Å². The summed E-state index contributed by atoms with van der Waals surface area (Å²) < 4.78 is 38.6. The van der Waals surface area contributed by atoms with Gasteiger partial charge in [0.15, 0.2) is 11.5 Å². The smallest absolute Gasteiger partial charge is 0.360 e. The van der Waals surface area contributed by atoms with Crippen molar-refractivity contribution in [1.82, 2.24) is 5.16 Å². The monoisotopic (exact) mass is 420 g/mol. The fraction of sp³-hybridized carbons (Fsp3) is 0.263. The van der Waals surface area contributed by atoms with Crippen molar-refractivity contribution >= 4 is 33.0 Å². The number of aromatic nitrogens is 1. The van der Waals surface area contributed by atoms with Gasteiger partial charge >= 0.3 is 5.97 Å². The Morgan fingerprint density at radius 3 is 2.75 bits per heavy atom. The topological polar surface area (TPSA) is 98.5 Å². The van der Waals surface area contributed by atoms with E-state index in [2.05, 4.69) is 9.88 Å². The van der Waals surface area contributed by atoms with Crippen LogP contribution in [0.2, 0.25) is 0 Å². The maximum atomic E-state index is 12.8. The van der Waals surface area contributed by atoms with Gasteiger partial charge in [0.05, 0.1) is 17.2 Å².